The predicted molar refractivity (Wildman–Crippen MR) is 91.6 cm³/mol. The Balaban J connectivity index is 1.68. The van der Waals surface area contributed by atoms with Crippen LogP contribution in [0.2, 0.25) is 0 Å². The normalized spacial score (nSPS) is 10.4. The zero-order chi connectivity index (χ0) is 18.2. The lowest BCUT2D eigenvalue weighted by Crippen LogP contribution is -2.30. The van der Waals surface area contributed by atoms with Gasteiger partial charge in [-0.1, -0.05) is 17.7 Å². The number of nitrogens with one attached hydrogen (secondary N) is 1. The molecule has 2 aromatic rings. The topological polar surface area (TPSA) is 55.4 Å². The summed E-state index contributed by atoms with van der Waals surface area (Å²) in [5, 5.41) is 2.61. The largest absolute Gasteiger partial charge is 0.452 e. The minimum Gasteiger partial charge on any atom is -0.452 e. The molecule has 0 fully saturated rings. The van der Waals surface area contributed by atoms with Gasteiger partial charge in [0.15, 0.2) is 6.61 Å². The number of ether oxygens (including phenoxy) is 1. The van der Waals surface area contributed by atoms with Gasteiger partial charge in [-0.05, 0) is 31.2 Å². The van der Waals surface area contributed by atoms with Gasteiger partial charge >= 0.3 is 5.97 Å². The van der Waals surface area contributed by atoms with Crippen LogP contribution in [0.1, 0.15) is 15.9 Å². The first kappa shape index (κ1) is 18.9. The van der Waals surface area contributed by atoms with Crippen molar-refractivity contribution in [3.63, 3.8) is 0 Å². The van der Waals surface area contributed by atoms with E-state index in [0.29, 0.717) is 18.4 Å². The van der Waals surface area contributed by atoms with E-state index < -0.39 is 30.1 Å². The smallest absolute Gasteiger partial charge is 0.338 e. The number of halogens is 2. The van der Waals surface area contributed by atoms with E-state index in [1.165, 1.54) is 5.56 Å². The summed E-state index contributed by atoms with van der Waals surface area (Å²) in [6.07, 6.45) is 0. The fourth-order valence-corrected chi connectivity index (χ4v) is 2.70. The Kier molecular flexibility index (Phi) is 6.94. The van der Waals surface area contributed by atoms with E-state index in [9.17, 15) is 18.4 Å². The molecule has 0 saturated heterocycles. The number of aryl methyl sites for hydroxylation is 1. The fraction of sp³-hybridized carbons (Fsp3) is 0.222. The van der Waals surface area contributed by atoms with Crippen molar-refractivity contribution in [3.8, 4) is 0 Å². The standard InChI is InChI=1S/C18H17F2NO3S/c1-12-2-4-16(5-3-12)25-7-6-21-17(22)11-24-18(23)13-8-14(19)10-15(20)9-13/h2-5,8-10H,6-7,11H2,1H3,(H,21,22). The van der Waals surface area contributed by atoms with Crippen molar-refractivity contribution in [2.24, 2.45) is 0 Å². The number of hydrogen-bond acceptors (Lipinski definition) is 4. The monoisotopic (exact) mass is 365 g/mol. The van der Waals surface area contributed by atoms with Crippen LogP contribution in [0, 0.1) is 18.6 Å². The molecule has 0 bridgehead atoms. The van der Waals surface area contributed by atoms with Crippen LogP contribution in [0.3, 0.4) is 0 Å². The van der Waals surface area contributed by atoms with Gasteiger partial charge in [-0.15, -0.1) is 11.8 Å². The molecule has 25 heavy (non-hydrogen) atoms. The molecular formula is C18H17F2NO3S. The SMILES string of the molecule is Cc1ccc(SCCNC(=O)COC(=O)c2cc(F)cc(F)c2)cc1. The van der Waals surface area contributed by atoms with Crippen LogP contribution in [0.4, 0.5) is 8.78 Å². The molecule has 0 aromatic heterocycles. The summed E-state index contributed by atoms with van der Waals surface area (Å²) in [5.41, 5.74) is 0.901. The molecule has 2 aromatic carbocycles. The second kappa shape index (κ2) is 9.17. The summed E-state index contributed by atoms with van der Waals surface area (Å²) in [7, 11) is 0. The van der Waals surface area contributed by atoms with E-state index in [-0.39, 0.29) is 5.56 Å². The third-order valence-electron chi connectivity index (χ3n) is 3.15. The van der Waals surface area contributed by atoms with Gasteiger partial charge < -0.3 is 10.1 Å². The second-order valence-electron chi connectivity index (χ2n) is 5.25. The maximum atomic E-state index is 13.0. The maximum Gasteiger partial charge on any atom is 0.338 e. The molecule has 0 saturated carbocycles. The van der Waals surface area contributed by atoms with Crippen LogP contribution in [-0.2, 0) is 9.53 Å². The van der Waals surface area contributed by atoms with Gasteiger partial charge in [-0.2, -0.15) is 0 Å². The van der Waals surface area contributed by atoms with Crippen LogP contribution in [0.15, 0.2) is 47.4 Å². The lowest BCUT2D eigenvalue weighted by molar-refractivity contribution is -0.124. The van der Waals surface area contributed by atoms with Crippen molar-refractivity contribution in [1.82, 2.24) is 5.32 Å². The predicted octanol–water partition coefficient (Wildman–Crippen LogP) is 3.34. The number of carbonyl (C=O) groups is 2. The zero-order valence-electron chi connectivity index (χ0n) is 13.6. The second-order valence-corrected chi connectivity index (χ2v) is 6.41. The number of hydrogen-bond donors (Lipinski definition) is 1. The number of carbonyl (C=O) groups excluding carboxylic acids is 2. The Hall–Kier alpha value is -2.41. The molecule has 7 heteroatoms. The van der Waals surface area contributed by atoms with Gasteiger partial charge in [0.1, 0.15) is 11.6 Å². The van der Waals surface area contributed by atoms with Gasteiger partial charge in [-0.25, -0.2) is 13.6 Å². The van der Waals surface area contributed by atoms with Crippen LogP contribution >= 0.6 is 11.8 Å². The lowest BCUT2D eigenvalue weighted by atomic mass is 10.2. The highest BCUT2D eigenvalue weighted by atomic mass is 32.2. The van der Waals surface area contributed by atoms with Gasteiger partial charge in [0.05, 0.1) is 5.56 Å². The van der Waals surface area contributed by atoms with Crippen molar-refractivity contribution in [2.45, 2.75) is 11.8 Å². The molecule has 0 unspecified atom stereocenters. The number of rotatable bonds is 7. The maximum absolute atomic E-state index is 13.0. The van der Waals surface area contributed by atoms with E-state index in [4.69, 9.17) is 4.74 Å². The third kappa shape index (κ3) is 6.54. The van der Waals surface area contributed by atoms with Crippen molar-refractivity contribution >= 4 is 23.6 Å². The van der Waals surface area contributed by atoms with Crippen molar-refractivity contribution in [2.75, 3.05) is 18.9 Å². The molecule has 4 nitrogen and oxygen atoms in total. The summed E-state index contributed by atoms with van der Waals surface area (Å²) in [6.45, 7) is 1.91. The van der Waals surface area contributed by atoms with Crippen molar-refractivity contribution in [3.05, 3.63) is 65.2 Å². The Morgan fingerprint density at radius 1 is 1.08 bits per heavy atom. The summed E-state index contributed by atoms with van der Waals surface area (Å²) < 4.78 is 30.8. The van der Waals surface area contributed by atoms with E-state index >= 15 is 0 Å². The Bertz CT molecular complexity index is 730. The molecule has 0 spiro atoms. The van der Waals surface area contributed by atoms with E-state index in [1.807, 2.05) is 31.2 Å². The molecule has 0 radical (unpaired) electrons. The molecule has 2 rings (SSSR count). The molecule has 0 aliphatic heterocycles. The molecule has 0 atom stereocenters. The van der Waals surface area contributed by atoms with Crippen molar-refractivity contribution < 1.29 is 23.1 Å². The highest BCUT2D eigenvalue weighted by Gasteiger charge is 2.12. The van der Waals surface area contributed by atoms with Crippen LogP contribution < -0.4 is 5.32 Å². The summed E-state index contributed by atoms with van der Waals surface area (Å²) in [5.74, 6) is -2.54. The third-order valence-corrected chi connectivity index (χ3v) is 4.16. The average Bonchev–Trinajstić information content (AvgIpc) is 2.57. The van der Waals surface area contributed by atoms with E-state index in [2.05, 4.69) is 5.32 Å². The zero-order valence-corrected chi connectivity index (χ0v) is 14.4. The summed E-state index contributed by atoms with van der Waals surface area (Å²) in [4.78, 5) is 24.4. The minimum atomic E-state index is -0.956. The number of esters is 1. The number of amides is 1. The molecule has 0 aliphatic carbocycles. The molecule has 1 N–H and O–H groups in total. The van der Waals surface area contributed by atoms with E-state index in [0.717, 1.165) is 17.0 Å². The summed E-state index contributed by atoms with van der Waals surface area (Å²) in [6, 6.07) is 10.4. The van der Waals surface area contributed by atoms with E-state index in [1.54, 1.807) is 11.8 Å². The number of benzene rings is 2. The minimum absolute atomic E-state index is 0.278. The first-order chi connectivity index (χ1) is 11.9. The average molecular weight is 365 g/mol. The van der Waals surface area contributed by atoms with Crippen LogP contribution in [0.5, 0.6) is 0 Å². The van der Waals surface area contributed by atoms with Gasteiger partial charge in [-0.3, -0.25) is 4.79 Å². The first-order valence-corrected chi connectivity index (χ1v) is 8.52. The Morgan fingerprint density at radius 3 is 2.36 bits per heavy atom. The highest BCUT2D eigenvalue weighted by molar-refractivity contribution is 7.99. The highest BCUT2D eigenvalue weighted by Crippen LogP contribution is 2.17. The quantitative estimate of drug-likeness (QED) is 0.465. The fourth-order valence-electron chi connectivity index (χ4n) is 1.93. The van der Waals surface area contributed by atoms with Crippen LogP contribution in [0.25, 0.3) is 0 Å². The van der Waals surface area contributed by atoms with Gasteiger partial charge in [0.25, 0.3) is 5.91 Å². The molecule has 132 valence electrons. The van der Waals surface area contributed by atoms with Crippen molar-refractivity contribution in [1.29, 1.82) is 0 Å². The molecule has 1 amide bonds. The molecular weight excluding hydrogens is 348 g/mol. The van der Waals surface area contributed by atoms with Gasteiger partial charge in [0, 0.05) is 23.3 Å². The molecule has 0 heterocycles. The lowest BCUT2D eigenvalue weighted by Gasteiger charge is -2.07. The molecule has 0 aliphatic rings. The summed E-state index contributed by atoms with van der Waals surface area (Å²) >= 11 is 1.59. The van der Waals surface area contributed by atoms with Crippen LogP contribution in [-0.4, -0.2) is 30.8 Å². The Morgan fingerprint density at radius 2 is 1.72 bits per heavy atom. The Labute approximate surface area is 148 Å². The first-order valence-electron chi connectivity index (χ1n) is 7.53. The number of thioether (sulfide) groups is 1. The van der Waals surface area contributed by atoms with Gasteiger partial charge in [0.2, 0.25) is 0 Å².